The van der Waals surface area contributed by atoms with Crippen LogP contribution in [0.3, 0.4) is 0 Å². The molecule has 102 valence electrons. The largest absolute Gasteiger partial charge is 0.381 e. The van der Waals surface area contributed by atoms with E-state index in [2.05, 4.69) is 38.1 Å². The second-order valence-electron chi connectivity index (χ2n) is 4.98. The van der Waals surface area contributed by atoms with Crippen LogP contribution >= 0.6 is 15.9 Å². The SMILES string of the molecule is CC1CCC(CNc2cc3[nH]c(=O)[nH]c3cc2Br)O1. The topological polar surface area (TPSA) is 69.9 Å². The summed E-state index contributed by atoms with van der Waals surface area (Å²) in [7, 11) is 0. The lowest BCUT2D eigenvalue weighted by Crippen LogP contribution is -2.19. The Morgan fingerprint density at radius 1 is 1.37 bits per heavy atom. The van der Waals surface area contributed by atoms with Crippen LogP contribution in [-0.4, -0.2) is 28.7 Å². The third kappa shape index (κ3) is 2.69. The Bertz CT molecular complexity index is 649. The van der Waals surface area contributed by atoms with Gasteiger partial charge in [-0.25, -0.2) is 4.79 Å². The van der Waals surface area contributed by atoms with Gasteiger partial charge in [-0.15, -0.1) is 0 Å². The minimum atomic E-state index is -0.188. The van der Waals surface area contributed by atoms with Crippen LogP contribution in [0, 0.1) is 0 Å². The Labute approximate surface area is 118 Å². The summed E-state index contributed by atoms with van der Waals surface area (Å²) < 4.78 is 6.70. The van der Waals surface area contributed by atoms with Crippen molar-refractivity contribution in [3.63, 3.8) is 0 Å². The number of nitrogens with one attached hydrogen (secondary N) is 3. The Morgan fingerprint density at radius 2 is 2.11 bits per heavy atom. The van der Waals surface area contributed by atoms with Gasteiger partial charge in [0.2, 0.25) is 0 Å². The van der Waals surface area contributed by atoms with Gasteiger partial charge in [0.1, 0.15) is 0 Å². The smallest absolute Gasteiger partial charge is 0.323 e. The normalized spacial score (nSPS) is 23.1. The summed E-state index contributed by atoms with van der Waals surface area (Å²) in [6.07, 6.45) is 2.84. The molecule has 2 atom stereocenters. The molecule has 2 aromatic rings. The maximum absolute atomic E-state index is 11.2. The minimum Gasteiger partial charge on any atom is -0.381 e. The molecule has 1 saturated heterocycles. The minimum absolute atomic E-state index is 0.188. The first-order valence-corrected chi connectivity index (χ1v) is 7.22. The van der Waals surface area contributed by atoms with Crippen LogP contribution in [0.15, 0.2) is 21.4 Å². The number of rotatable bonds is 3. The average molecular weight is 326 g/mol. The van der Waals surface area contributed by atoms with Gasteiger partial charge in [-0.3, -0.25) is 0 Å². The first-order valence-electron chi connectivity index (χ1n) is 6.42. The second-order valence-corrected chi connectivity index (χ2v) is 5.84. The summed E-state index contributed by atoms with van der Waals surface area (Å²) in [5.74, 6) is 0. The highest BCUT2D eigenvalue weighted by atomic mass is 79.9. The first kappa shape index (κ1) is 12.7. The molecule has 0 saturated carbocycles. The van der Waals surface area contributed by atoms with Crippen molar-refractivity contribution in [1.82, 2.24) is 9.97 Å². The van der Waals surface area contributed by atoms with Gasteiger partial charge in [-0.05, 0) is 47.8 Å². The monoisotopic (exact) mass is 325 g/mol. The number of aromatic amines is 2. The zero-order valence-corrected chi connectivity index (χ0v) is 12.2. The molecule has 2 heterocycles. The fraction of sp³-hybridized carbons (Fsp3) is 0.462. The van der Waals surface area contributed by atoms with Gasteiger partial charge in [0, 0.05) is 11.0 Å². The van der Waals surface area contributed by atoms with Crippen molar-refractivity contribution in [1.29, 1.82) is 0 Å². The second kappa shape index (κ2) is 5.02. The summed E-state index contributed by atoms with van der Waals surface area (Å²) in [5.41, 5.74) is 2.38. The van der Waals surface area contributed by atoms with Gasteiger partial charge in [0.15, 0.2) is 0 Å². The summed E-state index contributed by atoms with van der Waals surface area (Å²) in [6.45, 7) is 2.88. The summed E-state index contributed by atoms with van der Waals surface area (Å²) in [6, 6.07) is 3.82. The van der Waals surface area contributed by atoms with Crippen molar-refractivity contribution in [3.05, 3.63) is 27.1 Å². The number of anilines is 1. The fourth-order valence-electron chi connectivity index (χ4n) is 2.45. The molecule has 1 aliphatic heterocycles. The molecule has 2 unspecified atom stereocenters. The lowest BCUT2D eigenvalue weighted by Gasteiger charge is -2.14. The van der Waals surface area contributed by atoms with Crippen LogP contribution in [-0.2, 0) is 4.74 Å². The van der Waals surface area contributed by atoms with Gasteiger partial charge in [0.05, 0.1) is 28.9 Å². The lowest BCUT2D eigenvalue weighted by molar-refractivity contribution is 0.0637. The number of imidazole rings is 1. The number of aromatic nitrogens is 2. The van der Waals surface area contributed by atoms with Crippen LogP contribution in [0.4, 0.5) is 5.69 Å². The Hall–Kier alpha value is -1.27. The van der Waals surface area contributed by atoms with Crippen molar-refractivity contribution in [2.75, 3.05) is 11.9 Å². The summed E-state index contributed by atoms with van der Waals surface area (Å²) in [4.78, 5) is 16.7. The number of fused-ring (bicyclic) bond motifs is 1. The van der Waals surface area contributed by atoms with Crippen molar-refractivity contribution >= 4 is 32.7 Å². The molecule has 1 aromatic carbocycles. The third-order valence-corrected chi connectivity index (χ3v) is 4.10. The number of H-pyrrole nitrogens is 2. The predicted octanol–water partition coefficient (Wildman–Crippen LogP) is 2.60. The highest BCUT2D eigenvalue weighted by Crippen LogP contribution is 2.27. The number of halogens is 1. The average Bonchev–Trinajstić information content (AvgIpc) is 2.91. The molecule has 6 heteroatoms. The molecule has 19 heavy (non-hydrogen) atoms. The maximum Gasteiger partial charge on any atom is 0.323 e. The number of hydrogen-bond donors (Lipinski definition) is 3. The van der Waals surface area contributed by atoms with E-state index in [1.54, 1.807) is 0 Å². The molecule has 1 aromatic heterocycles. The van der Waals surface area contributed by atoms with E-state index in [0.29, 0.717) is 6.10 Å². The van der Waals surface area contributed by atoms with E-state index < -0.39 is 0 Å². The molecular formula is C13H16BrN3O2. The van der Waals surface area contributed by atoms with Crippen LogP contribution < -0.4 is 11.0 Å². The molecular weight excluding hydrogens is 310 g/mol. The molecule has 0 spiro atoms. The van der Waals surface area contributed by atoms with Crippen molar-refractivity contribution in [3.8, 4) is 0 Å². The molecule has 0 radical (unpaired) electrons. The molecule has 1 fully saturated rings. The van der Waals surface area contributed by atoms with Crippen molar-refractivity contribution in [2.45, 2.75) is 32.0 Å². The molecule has 0 aliphatic carbocycles. The van der Waals surface area contributed by atoms with E-state index in [1.165, 1.54) is 0 Å². The zero-order chi connectivity index (χ0) is 13.4. The highest BCUT2D eigenvalue weighted by molar-refractivity contribution is 9.10. The van der Waals surface area contributed by atoms with E-state index in [4.69, 9.17) is 4.74 Å². The summed E-state index contributed by atoms with van der Waals surface area (Å²) in [5, 5.41) is 3.37. The van der Waals surface area contributed by atoms with Crippen LogP contribution in [0.25, 0.3) is 11.0 Å². The van der Waals surface area contributed by atoms with Gasteiger partial charge >= 0.3 is 5.69 Å². The van der Waals surface area contributed by atoms with Crippen molar-refractivity contribution in [2.24, 2.45) is 0 Å². The lowest BCUT2D eigenvalue weighted by atomic mass is 10.2. The quantitative estimate of drug-likeness (QED) is 0.812. The molecule has 3 rings (SSSR count). The Kier molecular flexibility index (Phi) is 3.36. The Balaban J connectivity index is 1.76. The standard InChI is InChI=1S/C13H16BrN3O2/c1-7-2-3-8(19-7)6-15-10-5-12-11(4-9(10)14)16-13(18)17-12/h4-5,7-8,15H,2-3,6H2,1H3,(H2,16,17,18). The van der Waals surface area contributed by atoms with E-state index in [9.17, 15) is 4.79 Å². The van der Waals surface area contributed by atoms with Gasteiger partial charge in [0.25, 0.3) is 0 Å². The van der Waals surface area contributed by atoms with Gasteiger partial charge < -0.3 is 20.0 Å². The number of ether oxygens (including phenoxy) is 1. The van der Waals surface area contributed by atoms with Crippen LogP contribution in [0.1, 0.15) is 19.8 Å². The zero-order valence-electron chi connectivity index (χ0n) is 10.6. The molecule has 5 nitrogen and oxygen atoms in total. The van der Waals surface area contributed by atoms with Gasteiger partial charge in [-0.1, -0.05) is 0 Å². The van der Waals surface area contributed by atoms with E-state index >= 15 is 0 Å². The van der Waals surface area contributed by atoms with E-state index in [-0.39, 0.29) is 11.8 Å². The molecule has 1 aliphatic rings. The molecule has 0 bridgehead atoms. The highest BCUT2D eigenvalue weighted by Gasteiger charge is 2.21. The van der Waals surface area contributed by atoms with E-state index in [0.717, 1.165) is 40.6 Å². The fourth-order valence-corrected chi connectivity index (χ4v) is 2.93. The van der Waals surface area contributed by atoms with Crippen molar-refractivity contribution < 1.29 is 4.74 Å². The number of hydrogen-bond acceptors (Lipinski definition) is 3. The third-order valence-electron chi connectivity index (χ3n) is 3.44. The molecule has 3 N–H and O–H groups in total. The van der Waals surface area contributed by atoms with Crippen LogP contribution in [0.2, 0.25) is 0 Å². The maximum atomic E-state index is 11.2. The Morgan fingerprint density at radius 3 is 2.79 bits per heavy atom. The number of benzene rings is 1. The predicted molar refractivity (Wildman–Crippen MR) is 78.7 cm³/mol. The first-order chi connectivity index (χ1) is 9.11. The van der Waals surface area contributed by atoms with Crippen LogP contribution in [0.5, 0.6) is 0 Å². The van der Waals surface area contributed by atoms with Gasteiger partial charge in [-0.2, -0.15) is 0 Å². The molecule has 0 amide bonds. The van der Waals surface area contributed by atoms with E-state index in [1.807, 2.05) is 12.1 Å². The summed E-state index contributed by atoms with van der Waals surface area (Å²) >= 11 is 3.51.